The summed E-state index contributed by atoms with van der Waals surface area (Å²) in [5.41, 5.74) is -0.452. The van der Waals surface area contributed by atoms with Crippen molar-refractivity contribution in [2.24, 2.45) is 5.41 Å². The standard InChI is InChI=1S/C11H16O3/c1-11(8-6-10(13)14-2)7-4-3-5-9(11)12/h6,8H,3-5,7H2,1-2H3/b8-6+/t11-/m1/s1. The minimum Gasteiger partial charge on any atom is -0.466 e. The quantitative estimate of drug-likeness (QED) is 0.500. The third-order valence-electron chi connectivity index (χ3n) is 2.78. The van der Waals surface area contributed by atoms with Gasteiger partial charge in [0.2, 0.25) is 0 Å². The van der Waals surface area contributed by atoms with Gasteiger partial charge in [-0.3, -0.25) is 4.79 Å². The highest BCUT2D eigenvalue weighted by Gasteiger charge is 2.32. The summed E-state index contributed by atoms with van der Waals surface area (Å²) in [4.78, 5) is 22.5. The summed E-state index contributed by atoms with van der Waals surface area (Å²) >= 11 is 0. The summed E-state index contributed by atoms with van der Waals surface area (Å²) in [5, 5.41) is 0. The van der Waals surface area contributed by atoms with Gasteiger partial charge in [-0.15, -0.1) is 0 Å². The molecule has 0 aliphatic heterocycles. The molecule has 0 aromatic rings. The summed E-state index contributed by atoms with van der Waals surface area (Å²) < 4.78 is 4.48. The van der Waals surface area contributed by atoms with Crippen molar-refractivity contribution in [1.82, 2.24) is 0 Å². The van der Waals surface area contributed by atoms with Gasteiger partial charge >= 0.3 is 5.97 Å². The first-order valence-corrected chi connectivity index (χ1v) is 4.89. The van der Waals surface area contributed by atoms with Crippen LogP contribution in [0.1, 0.15) is 32.6 Å². The smallest absolute Gasteiger partial charge is 0.330 e. The van der Waals surface area contributed by atoms with E-state index in [0.29, 0.717) is 6.42 Å². The molecule has 3 nitrogen and oxygen atoms in total. The van der Waals surface area contributed by atoms with E-state index in [0.717, 1.165) is 19.3 Å². The SMILES string of the molecule is COC(=O)/C=C/[C@@]1(C)CCCCC1=O. The molecule has 14 heavy (non-hydrogen) atoms. The topological polar surface area (TPSA) is 43.4 Å². The lowest BCUT2D eigenvalue weighted by Gasteiger charge is -2.28. The van der Waals surface area contributed by atoms with E-state index >= 15 is 0 Å². The van der Waals surface area contributed by atoms with E-state index in [4.69, 9.17) is 0 Å². The molecular weight excluding hydrogens is 180 g/mol. The second-order valence-electron chi connectivity index (χ2n) is 3.90. The second-order valence-corrected chi connectivity index (χ2v) is 3.90. The van der Waals surface area contributed by atoms with Crippen molar-refractivity contribution in [2.75, 3.05) is 7.11 Å². The molecule has 1 aliphatic rings. The summed E-state index contributed by atoms with van der Waals surface area (Å²) in [6.07, 6.45) is 6.51. The molecule has 78 valence electrons. The largest absolute Gasteiger partial charge is 0.466 e. The lowest BCUT2D eigenvalue weighted by molar-refractivity contribution is -0.134. The Morgan fingerprint density at radius 3 is 2.79 bits per heavy atom. The van der Waals surface area contributed by atoms with Crippen molar-refractivity contribution < 1.29 is 14.3 Å². The highest BCUT2D eigenvalue weighted by molar-refractivity contribution is 5.89. The molecule has 1 rings (SSSR count). The number of methoxy groups -OCH3 is 1. The first kappa shape index (κ1) is 11.0. The van der Waals surface area contributed by atoms with Gasteiger partial charge in [0.1, 0.15) is 5.78 Å². The molecule has 0 heterocycles. The van der Waals surface area contributed by atoms with Gasteiger partial charge in [-0.1, -0.05) is 12.5 Å². The normalized spacial score (nSPS) is 28.0. The molecule has 0 unspecified atom stereocenters. The Labute approximate surface area is 84.1 Å². The molecule has 1 saturated carbocycles. The molecule has 1 fully saturated rings. The number of Topliss-reactive ketones (excluding diaryl/α,β-unsaturated/α-hetero) is 1. The third-order valence-corrected chi connectivity index (χ3v) is 2.78. The van der Waals surface area contributed by atoms with Gasteiger partial charge < -0.3 is 4.74 Å². The summed E-state index contributed by atoms with van der Waals surface area (Å²) in [6, 6.07) is 0. The van der Waals surface area contributed by atoms with Crippen LogP contribution in [0.2, 0.25) is 0 Å². The number of ether oxygens (including phenoxy) is 1. The molecule has 0 saturated heterocycles. The molecule has 0 aromatic heterocycles. The van der Waals surface area contributed by atoms with Crippen LogP contribution in [0, 0.1) is 5.41 Å². The van der Waals surface area contributed by atoms with Gasteiger partial charge in [0.05, 0.1) is 7.11 Å². The Kier molecular flexibility index (Phi) is 3.44. The number of esters is 1. The predicted octanol–water partition coefficient (Wildman–Crippen LogP) is 1.86. The zero-order valence-corrected chi connectivity index (χ0v) is 8.71. The van der Waals surface area contributed by atoms with Crippen molar-refractivity contribution in [3.8, 4) is 0 Å². The number of hydrogen-bond donors (Lipinski definition) is 0. The molecule has 0 radical (unpaired) electrons. The monoisotopic (exact) mass is 196 g/mol. The van der Waals surface area contributed by atoms with Crippen LogP contribution in [0.15, 0.2) is 12.2 Å². The van der Waals surface area contributed by atoms with Crippen molar-refractivity contribution >= 4 is 11.8 Å². The van der Waals surface area contributed by atoms with E-state index < -0.39 is 11.4 Å². The maximum atomic E-state index is 11.6. The molecular formula is C11H16O3. The number of ketones is 1. The van der Waals surface area contributed by atoms with Gasteiger partial charge in [0, 0.05) is 17.9 Å². The fraction of sp³-hybridized carbons (Fsp3) is 0.636. The molecule has 0 bridgehead atoms. The Morgan fingerprint density at radius 1 is 1.50 bits per heavy atom. The number of allylic oxidation sites excluding steroid dienone is 1. The summed E-state index contributed by atoms with van der Waals surface area (Å²) in [7, 11) is 1.33. The molecule has 0 spiro atoms. The average Bonchev–Trinajstić information content (AvgIpc) is 2.19. The Balaban J connectivity index is 2.68. The van der Waals surface area contributed by atoms with Crippen molar-refractivity contribution in [2.45, 2.75) is 32.6 Å². The van der Waals surface area contributed by atoms with E-state index in [-0.39, 0.29) is 5.78 Å². The van der Waals surface area contributed by atoms with Crippen LogP contribution in [-0.4, -0.2) is 18.9 Å². The minimum atomic E-state index is -0.452. The molecule has 1 aliphatic carbocycles. The van der Waals surface area contributed by atoms with Crippen molar-refractivity contribution in [1.29, 1.82) is 0 Å². The highest BCUT2D eigenvalue weighted by atomic mass is 16.5. The second kappa shape index (κ2) is 4.40. The van der Waals surface area contributed by atoms with Gasteiger partial charge in [-0.25, -0.2) is 4.79 Å². The van der Waals surface area contributed by atoms with Crippen LogP contribution in [-0.2, 0) is 14.3 Å². The summed E-state index contributed by atoms with van der Waals surface area (Å²) in [5.74, 6) is -0.173. The highest BCUT2D eigenvalue weighted by Crippen LogP contribution is 2.33. The van der Waals surface area contributed by atoms with Crippen LogP contribution in [0.4, 0.5) is 0 Å². The molecule has 1 atom stereocenters. The third kappa shape index (κ3) is 2.44. The fourth-order valence-corrected chi connectivity index (χ4v) is 1.70. The molecule has 3 heteroatoms. The van der Waals surface area contributed by atoms with Crippen molar-refractivity contribution in [3.63, 3.8) is 0 Å². The molecule has 0 aromatic carbocycles. The first-order chi connectivity index (χ1) is 6.58. The Bertz CT molecular complexity index is 268. The van der Waals surface area contributed by atoms with Crippen LogP contribution < -0.4 is 0 Å². The number of carbonyl (C=O) groups excluding carboxylic acids is 2. The Hall–Kier alpha value is -1.12. The van der Waals surface area contributed by atoms with E-state index in [1.165, 1.54) is 13.2 Å². The first-order valence-electron chi connectivity index (χ1n) is 4.89. The molecule has 0 N–H and O–H groups in total. The van der Waals surface area contributed by atoms with Gasteiger partial charge in [-0.05, 0) is 19.8 Å². The van der Waals surface area contributed by atoms with Crippen LogP contribution in [0.25, 0.3) is 0 Å². The Morgan fingerprint density at radius 2 is 2.21 bits per heavy atom. The lowest BCUT2D eigenvalue weighted by atomic mass is 9.74. The zero-order valence-electron chi connectivity index (χ0n) is 8.71. The molecule has 0 amide bonds. The number of hydrogen-bond acceptors (Lipinski definition) is 3. The van der Waals surface area contributed by atoms with E-state index in [1.54, 1.807) is 6.08 Å². The van der Waals surface area contributed by atoms with Gasteiger partial charge in [0.25, 0.3) is 0 Å². The van der Waals surface area contributed by atoms with Gasteiger partial charge in [-0.2, -0.15) is 0 Å². The maximum Gasteiger partial charge on any atom is 0.330 e. The van der Waals surface area contributed by atoms with Crippen LogP contribution >= 0.6 is 0 Å². The van der Waals surface area contributed by atoms with Crippen LogP contribution in [0.5, 0.6) is 0 Å². The fourth-order valence-electron chi connectivity index (χ4n) is 1.70. The van der Waals surface area contributed by atoms with Crippen molar-refractivity contribution in [3.05, 3.63) is 12.2 Å². The van der Waals surface area contributed by atoms with Gasteiger partial charge in [0.15, 0.2) is 0 Å². The lowest BCUT2D eigenvalue weighted by Crippen LogP contribution is -2.29. The maximum absolute atomic E-state index is 11.6. The minimum absolute atomic E-state index is 0.226. The summed E-state index contributed by atoms with van der Waals surface area (Å²) in [6.45, 7) is 1.88. The van der Waals surface area contributed by atoms with Crippen LogP contribution in [0.3, 0.4) is 0 Å². The average molecular weight is 196 g/mol. The van der Waals surface area contributed by atoms with E-state index in [1.807, 2.05) is 6.92 Å². The zero-order chi connectivity index (χ0) is 10.6. The number of carbonyl (C=O) groups is 2. The van der Waals surface area contributed by atoms with E-state index in [2.05, 4.69) is 4.74 Å². The van der Waals surface area contributed by atoms with E-state index in [9.17, 15) is 9.59 Å². The number of rotatable bonds is 2. The predicted molar refractivity (Wildman–Crippen MR) is 52.7 cm³/mol.